The standard InChI is InChI=1S/C4H8O.ClH.Hf/c1-2-4-5-3-1;;/h1-4H2;1H;/q;;+1/p-1. The Morgan fingerprint density at radius 2 is 1.57 bits per heavy atom. The number of hydrogen-bond acceptors (Lipinski definition) is 1. The molecule has 0 unspecified atom stereocenters. The molecule has 1 fully saturated rings. The van der Waals surface area contributed by atoms with Gasteiger partial charge in [0.15, 0.2) is 0 Å². The molecule has 0 aromatic rings. The van der Waals surface area contributed by atoms with E-state index >= 15 is 0 Å². The molecule has 1 saturated heterocycles. The molecule has 0 bridgehead atoms. The molecule has 0 spiro atoms. The minimum atomic E-state index is 0.778. The molecule has 0 radical (unpaired) electrons. The summed E-state index contributed by atoms with van der Waals surface area (Å²) < 4.78 is 4.94. The first kappa shape index (κ1) is 8.12. The molecule has 41 valence electrons. The fourth-order valence-electron chi connectivity index (χ4n) is 0.510. The zero-order valence-corrected chi connectivity index (χ0v) is 8.46. The summed E-state index contributed by atoms with van der Waals surface area (Å²) in [6.45, 7) is 2.00. The summed E-state index contributed by atoms with van der Waals surface area (Å²) in [6.07, 6.45) is 2.56. The SMILES string of the molecule is C1CCOC1.[Cl][Hf]. The second kappa shape index (κ2) is 7.12. The Morgan fingerprint density at radius 1 is 1.14 bits per heavy atom. The predicted octanol–water partition coefficient (Wildman–Crippen LogP) is 1.48. The minimum absolute atomic E-state index is 0.778. The fraction of sp³-hybridized carbons (Fsp3) is 1.00. The summed E-state index contributed by atoms with van der Waals surface area (Å²) >= 11 is 0.778. The van der Waals surface area contributed by atoms with E-state index in [0.29, 0.717) is 0 Å². The first-order chi connectivity index (χ1) is 3.50. The third-order valence-electron chi connectivity index (χ3n) is 0.827. The van der Waals surface area contributed by atoms with Gasteiger partial charge in [0.2, 0.25) is 0 Å². The molecule has 1 rings (SSSR count). The maximum atomic E-state index is 4.94. The molecule has 1 nitrogen and oxygen atoms in total. The molecule has 0 N–H and O–H groups in total. The molecule has 1 heterocycles. The van der Waals surface area contributed by atoms with Crippen LogP contribution in [0.1, 0.15) is 12.8 Å². The second-order valence-electron chi connectivity index (χ2n) is 1.32. The van der Waals surface area contributed by atoms with Gasteiger partial charge in [-0.2, -0.15) is 0 Å². The molecule has 1 aliphatic rings. The van der Waals surface area contributed by atoms with Gasteiger partial charge in [-0.25, -0.2) is 0 Å². The van der Waals surface area contributed by atoms with Crippen LogP contribution in [0.4, 0.5) is 0 Å². The molecular weight excluding hydrogens is 278 g/mol. The number of halogens is 1. The van der Waals surface area contributed by atoms with E-state index in [1.807, 2.05) is 0 Å². The van der Waals surface area contributed by atoms with Crippen molar-refractivity contribution in [2.24, 2.45) is 0 Å². The van der Waals surface area contributed by atoms with Crippen molar-refractivity contribution in [3.05, 3.63) is 0 Å². The van der Waals surface area contributed by atoms with Crippen LogP contribution in [0.2, 0.25) is 0 Å². The maximum absolute atomic E-state index is 4.94. The Hall–Kier alpha value is 1.12. The monoisotopic (exact) mass is 287 g/mol. The van der Waals surface area contributed by atoms with Crippen LogP contribution in [0.15, 0.2) is 0 Å². The van der Waals surface area contributed by atoms with Crippen LogP contribution in [-0.2, 0) is 27.9 Å². The molecule has 0 aromatic heterocycles. The van der Waals surface area contributed by atoms with Crippen molar-refractivity contribution in [3.63, 3.8) is 0 Å². The van der Waals surface area contributed by atoms with Crippen molar-refractivity contribution in [2.75, 3.05) is 13.2 Å². The number of hydrogen-bond donors (Lipinski definition) is 0. The van der Waals surface area contributed by atoms with E-state index in [2.05, 4.69) is 0 Å². The number of ether oxygens (including phenoxy) is 1. The summed E-state index contributed by atoms with van der Waals surface area (Å²) in [5.74, 6) is 0. The van der Waals surface area contributed by atoms with Crippen molar-refractivity contribution in [1.82, 2.24) is 0 Å². The number of rotatable bonds is 0. The molecule has 0 aromatic carbocycles. The summed E-state index contributed by atoms with van der Waals surface area (Å²) in [5.41, 5.74) is 0. The molecule has 0 saturated carbocycles. The topological polar surface area (TPSA) is 9.23 Å². The predicted molar refractivity (Wildman–Crippen MR) is 25.9 cm³/mol. The van der Waals surface area contributed by atoms with E-state index in [-0.39, 0.29) is 0 Å². The van der Waals surface area contributed by atoms with Crippen LogP contribution in [0.5, 0.6) is 0 Å². The Morgan fingerprint density at radius 3 is 1.71 bits per heavy atom. The molecule has 0 aliphatic carbocycles. The Balaban J connectivity index is 0.000000162. The first-order valence-corrected chi connectivity index (χ1v) is 6.72. The third kappa shape index (κ3) is 4.98. The zero-order chi connectivity index (χ0) is 5.54. The van der Waals surface area contributed by atoms with Crippen LogP contribution in [0.25, 0.3) is 0 Å². The van der Waals surface area contributed by atoms with Crippen molar-refractivity contribution in [3.8, 4) is 0 Å². The van der Waals surface area contributed by atoms with E-state index in [9.17, 15) is 0 Å². The molecule has 0 amide bonds. The molecule has 0 atom stereocenters. The van der Waals surface area contributed by atoms with E-state index in [1.54, 1.807) is 0 Å². The van der Waals surface area contributed by atoms with Crippen LogP contribution < -0.4 is 0 Å². The van der Waals surface area contributed by atoms with Gasteiger partial charge in [0.25, 0.3) is 0 Å². The van der Waals surface area contributed by atoms with Crippen LogP contribution in [-0.4, -0.2) is 13.2 Å². The summed E-state index contributed by atoms with van der Waals surface area (Å²) in [5, 5.41) is 0. The summed E-state index contributed by atoms with van der Waals surface area (Å²) in [4.78, 5) is 0. The molecule has 1 aliphatic heterocycles. The van der Waals surface area contributed by atoms with Gasteiger partial charge in [-0.15, -0.1) is 0 Å². The van der Waals surface area contributed by atoms with Gasteiger partial charge < -0.3 is 4.74 Å². The quantitative estimate of drug-likeness (QED) is 0.613. The van der Waals surface area contributed by atoms with E-state index in [1.165, 1.54) is 12.8 Å². The van der Waals surface area contributed by atoms with E-state index in [0.717, 1.165) is 36.4 Å². The summed E-state index contributed by atoms with van der Waals surface area (Å²) in [7, 11) is 4.78. The molecule has 3 heteroatoms. The van der Waals surface area contributed by atoms with Crippen LogP contribution in [0.3, 0.4) is 0 Å². The van der Waals surface area contributed by atoms with Crippen molar-refractivity contribution in [1.29, 1.82) is 0 Å². The average molecular weight is 286 g/mol. The van der Waals surface area contributed by atoms with Gasteiger partial charge in [0, 0.05) is 13.2 Å². The third-order valence-corrected chi connectivity index (χ3v) is 0.827. The zero-order valence-electron chi connectivity index (χ0n) is 4.11. The summed E-state index contributed by atoms with van der Waals surface area (Å²) in [6, 6.07) is 0. The Bertz CT molecular complexity index is 23.3. The van der Waals surface area contributed by atoms with Crippen LogP contribution >= 0.6 is 8.58 Å². The van der Waals surface area contributed by atoms with Crippen molar-refractivity contribution >= 4 is 8.58 Å². The molecule has 7 heavy (non-hydrogen) atoms. The van der Waals surface area contributed by atoms with Gasteiger partial charge in [-0.1, -0.05) is 0 Å². The van der Waals surface area contributed by atoms with Gasteiger partial charge in [-0.05, 0) is 12.8 Å². The molecular formula is C4H8ClHfO. The van der Waals surface area contributed by atoms with Crippen molar-refractivity contribution < 1.29 is 27.9 Å². The Labute approximate surface area is 62.5 Å². The second-order valence-corrected chi connectivity index (χ2v) is 1.32. The Kier molecular flexibility index (Phi) is 8.26. The van der Waals surface area contributed by atoms with E-state index < -0.39 is 0 Å². The van der Waals surface area contributed by atoms with Crippen LogP contribution in [0, 0.1) is 0 Å². The average Bonchev–Trinajstić information content (AvgIpc) is 2.23. The normalized spacial score (nSPS) is 17.7. The van der Waals surface area contributed by atoms with Gasteiger partial charge in [0.1, 0.15) is 0 Å². The van der Waals surface area contributed by atoms with Gasteiger partial charge in [-0.3, -0.25) is 0 Å². The first-order valence-electron chi connectivity index (χ1n) is 2.27. The van der Waals surface area contributed by atoms with Gasteiger partial charge in [0.05, 0.1) is 0 Å². The van der Waals surface area contributed by atoms with Gasteiger partial charge >= 0.3 is 31.8 Å². The van der Waals surface area contributed by atoms with Crippen molar-refractivity contribution in [2.45, 2.75) is 12.8 Å². The fourth-order valence-corrected chi connectivity index (χ4v) is 0.510. The van der Waals surface area contributed by atoms with E-state index in [4.69, 9.17) is 13.3 Å².